The summed E-state index contributed by atoms with van der Waals surface area (Å²) in [5.74, 6) is -0.539. The van der Waals surface area contributed by atoms with Crippen molar-refractivity contribution in [1.29, 1.82) is 0 Å². The van der Waals surface area contributed by atoms with Crippen molar-refractivity contribution < 1.29 is 17.6 Å². The van der Waals surface area contributed by atoms with Crippen molar-refractivity contribution in [2.75, 3.05) is 13.2 Å². The molecule has 1 saturated heterocycles. The van der Waals surface area contributed by atoms with Gasteiger partial charge in [0.2, 0.25) is 5.91 Å². The maximum Gasteiger partial charge on any atom is 0.266 e. The lowest BCUT2D eigenvalue weighted by atomic mass is 10.0. The lowest BCUT2D eigenvalue weighted by Crippen LogP contribution is -2.66. The minimum Gasteiger partial charge on any atom is -0.407 e. The zero-order chi connectivity index (χ0) is 26.5. The van der Waals surface area contributed by atoms with Gasteiger partial charge in [0.05, 0.1) is 4.90 Å². The summed E-state index contributed by atoms with van der Waals surface area (Å²) < 4.78 is 33.9. The van der Waals surface area contributed by atoms with Crippen molar-refractivity contribution in [3.8, 4) is 0 Å². The fourth-order valence-electron chi connectivity index (χ4n) is 5.42. The molecule has 3 aromatic carbocycles. The topological polar surface area (TPSA) is 63.7 Å². The number of unbranched alkanes of at least 4 members (excludes halogenated alkanes) is 1. The molecule has 0 aliphatic carbocycles. The van der Waals surface area contributed by atoms with E-state index in [1.54, 1.807) is 18.2 Å². The van der Waals surface area contributed by atoms with Crippen LogP contribution in [0, 0.1) is 5.92 Å². The molecule has 0 spiro atoms. The molecular weight excluding hydrogens is 498 g/mol. The van der Waals surface area contributed by atoms with Gasteiger partial charge in [-0.2, -0.15) is 0 Å². The van der Waals surface area contributed by atoms with E-state index < -0.39 is 18.3 Å². The Labute approximate surface area is 222 Å². The molecule has 0 bridgehead atoms. The molecule has 1 aliphatic rings. The van der Waals surface area contributed by atoms with Crippen molar-refractivity contribution in [3.63, 3.8) is 0 Å². The highest BCUT2D eigenvalue weighted by atomic mass is 32.2. The Morgan fingerprint density at radius 1 is 0.838 bits per heavy atom. The molecule has 1 atom stereocenters. The van der Waals surface area contributed by atoms with Gasteiger partial charge in [0.25, 0.3) is 18.3 Å². The third kappa shape index (κ3) is 5.59. The van der Waals surface area contributed by atoms with Crippen LogP contribution in [-0.4, -0.2) is 40.1 Å². The molecule has 0 saturated carbocycles. The molecule has 4 rings (SSSR count). The molecule has 0 aromatic heterocycles. The number of carbonyl (C=O) groups is 1. The molecule has 7 heteroatoms. The van der Waals surface area contributed by atoms with Gasteiger partial charge in [-0.1, -0.05) is 106 Å². The van der Waals surface area contributed by atoms with Gasteiger partial charge in [-0.05, 0) is 46.8 Å². The second-order valence-electron chi connectivity index (χ2n) is 10.7. The van der Waals surface area contributed by atoms with E-state index in [1.807, 2.05) is 12.1 Å². The summed E-state index contributed by atoms with van der Waals surface area (Å²) >= 11 is 0. The number of hydrogen-bond acceptors (Lipinski definition) is 4. The number of carbonyl (C=O) groups excluding carboxylic acids is 1. The molecule has 37 heavy (non-hydrogen) atoms. The maximum absolute atomic E-state index is 13.0. The fraction of sp³-hybridized carbons (Fsp3) is 0.367. The first kappa shape index (κ1) is 27.3. The Morgan fingerprint density at radius 2 is 1.35 bits per heavy atom. The molecular formula is C30H37NO4SSi. The third-order valence-electron chi connectivity index (χ3n) is 7.29. The average molecular weight is 536 g/mol. The van der Waals surface area contributed by atoms with Crippen molar-refractivity contribution >= 4 is 34.6 Å². The molecule has 5 nitrogen and oxygen atoms in total. The molecule has 1 unspecified atom stereocenters. The molecule has 3 aromatic rings. The van der Waals surface area contributed by atoms with Gasteiger partial charge in [-0.25, -0.2) is 12.7 Å². The monoisotopic (exact) mass is 535 g/mol. The number of amides is 1. The van der Waals surface area contributed by atoms with E-state index in [0.29, 0.717) is 19.4 Å². The number of sulfonamides is 1. The third-order valence-corrected chi connectivity index (χ3v) is 14.1. The van der Waals surface area contributed by atoms with Crippen LogP contribution in [0.2, 0.25) is 5.04 Å². The molecule has 1 heterocycles. The largest absolute Gasteiger partial charge is 0.407 e. The highest BCUT2D eigenvalue weighted by Crippen LogP contribution is 2.37. The van der Waals surface area contributed by atoms with Crippen LogP contribution in [0.15, 0.2) is 95.9 Å². The van der Waals surface area contributed by atoms with Crippen LogP contribution in [0.3, 0.4) is 0 Å². The van der Waals surface area contributed by atoms with Crippen LogP contribution in [-0.2, 0) is 19.2 Å². The first-order valence-electron chi connectivity index (χ1n) is 13.0. The van der Waals surface area contributed by atoms with Crippen LogP contribution in [0.25, 0.3) is 0 Å². The quantitative estimate of drug-likeness (QED) is 0.272. The highest BCUT2D eigenvalue weighted by molar-refractivity contribution is 7.89. The number of nitrogens with zero attached hydrogens (tertiary/aromatic N) is 1. The second-order valence-corrected chi connectivity index (χ2v) is 16.9. The lowest BCUT2D eigenvalue weighted by Gasteiger charge is -2.43. The van der Waals surface area contributed by atoms with Gasteiger partial charge in [-0.3, -0.25) is 4.79 Å². The zero-order valence-electron chi connectivity index (χ0n) is 22.0. The smallest absolute Gasteiger partial charge is 0.266 e. The van der Waals surface area contributed by atoms with Crippen LogP contribution in [0.4, 0.5) is 0 Å². The summed E-state index contributed by atoms with van der Waals surface area (Å²) in [5, 5.41) is 2.42. The summed E-state index contributed by atoms with van der Waals surface area (Å²) in [6.07, 6.45) is 2.87. The summed E-state index contributed by atoms with van der Waals surface area (Å²) in [5.41, 5.74) is 0. The van der Waals surface area contributed by atoms with Crippen molar-refractivity contribution in [2.45, 2.75) is 56.4 Å². The highest BCUT2D eigenvalue weighted by Gasteiger charge is 2.50. The fourth-order valence-corrected chi connectivity index (χ4v) is 11.5. The summed E-state index contributed by atoms with van der Waals surface area (Å²) in [4.78, 5) is 13.1. The molecule has 1 aliphatic heterocycles. The van der Waals surface area contributed by atoms with Gasteiger partial charge in [-0.15, -0.1) is 0 Å². The van der Waals surface area contributed by atoms with E-state index in [4.69, 9.17) is 4.43 Å². The van der Waals surface area contributed by atoms with Gasteiger partial charge in [0.1, 0.15) is 0 Å². The van der Waals surface area contributed by atoms with E-state index in [0.717, 1.165) is 17.1 Å². The van der Waals surface area contributed by atoms with E-state index in [2.05, 4.69) is 69.3 Å². The van der Waals surface area contributed by atoms with Crippen molar-refractivity contribution in [3.05, 3.63) is 91.0 Å². The van der Waals surface area contributed by atoms with Gasteiger partial charge in [0, 0.05) is 19.1 Å². The molecule has 1 fully saturated rings. The van der Waals surface area contributed by atoms with Gasteiger partial charge >= 0.3 is 0 Å². The van der Waals surface area contributed by atoms with E-state index in [-0.39, 0.29) is 28.3 Å². The predicted octanol–water partition coefficient (Wildman–Crippen LogP) is 4.97. The Hall–Kier alpha value is -2.74. The number of hydrogen-bond donors (Lipinski definition) is 0. The van der Waals surface area contributed by atoms with Crippen LogP contribution >= 0.6 is 0 Å². The Balaban J connectivity index is 1.41. The molecule has 0 radical (unpaired) electrons. The zero-order valence-corrected chi connectivity index (χ0v) is 23.8. The normalized spacial score (nSPS) is 16.8. The number of rotatable bonds is 10. The summed E-state index contributed by atoms with van der Waals surface area (Å²) in [7, 11) is -6.36. The van der Waals surface area contributed by atoms with E-state index in [1.165, 1.54) is 22.5 Å². The minimum atomic E-state index is -3.79. The van der Waals surface area contributed by atoms with Crippen LogP contribution in [0.1, 0.15) is 46.5 Å². The minimum absolute atomic E-state index is 0.0799. The first-order valence-corrected chi connectivity index (χ1v) is 16.4. The standard InChI is InChI=1S/C30H37NO4SSi/c1-30(2,3)37(27-18-9-5-10-19-27,28-20-11-6-12-21-28)35-24-14-13-15-25-22-23-31(29(25)32)36(33,34)26-16-7-4-8-17-26/h4-12,16-21,25H,13-15,22-24H2,1-3H3. The Bertz CT molecular complexity index is 1240. The van der Waals surface area contributed by atoms with Crippen molar-refractivity contribution in [1.82, 2.24) is 4.31 Å². The molecule has 0 N–H and O–H groups in total. The second kappa shape index (κ2) is 11.3. The van der Waals surface area contributed by atoms with E-state index in [9.17, 15) is 13.2 Å². The molecule has 1 amide bonds. The predicted molar refractivity (Wildman–Crippen MR) is 151 cm³/mol. The van der Waals surface area contributed by atoms with Crippen molar-refractivity contribution in [2.24, 2.45) is 5.92 Å². The van der Waals surface area contributed by atoms with Gasteiger partial charge < -0.3 is 4.43 Å². The van der Waals surface area contributed by atoms with E-state index >= 15 is 0 Å². The number of benzene rings is 3. The van der Waals surface area contributed by atoms with Crippen LogP contribution < -0.4 is 10.4 Å². The van der Waals surface area contributed by atoms with Crippen LogP contribution in [0.5, 0.6) is 0 Å². The summed E-state index contributed by atoms with van der Waals surface area (Å²) in [6, 6.07) is 29.3. The average Bonchev–Trinajstić information content (AvgIpc) is 3.28. The lowest BCUT2D eigenvalue weighted by molar-refractivity contribution is -0.127. The Morgan fingerprint density at radius 3 is 1.86 bits per heavy atom. The van der Waals surface area contributed by atoms with Gasteiger partial charge in [0.15, 0.2) is 0 Å². The molecule has 196 valence electrons. The first-order chi connectivity index (χ1) is 17.7. The Kier molecular flexibility index (Phi) is 8.36. The maximum atomic E-state index is 13.0. The summed E-state index contributed by atoms with van der Waals surface area (Å²) in [6.45, 7) is 7.63. The SMILES string of the molecule is CC(C)(C)[Si](OCCCCC1CCN(S(=O)(=O)c2ccccc2)C1=O)(c1ccccc1)c1ccccc1.